The molecule has 0 spiro atoms. The number of hydrogen-bond donors (Lipinski definition) is 0. The summed E-state index contributed by atoms with van der Waals surface area (Å²) in [7, 11) is 2.20. The first-order valence-corrected chi connectivity index (χ1v) is 11.5. The number of rotatable bonds is 4. The Bertz CT molecular complexity index is 1420. The highest BCUT2D eigenvalue weighted by atomic mass is 35.5. The van der Waals surface area contributed by atoms with Gasteiger partial charge in [0.25, 0.3) is 0 Å². The Labute approximate surface area is 203 Å². The highest BCUT2D eigenvalue weighted by Gasteiger charge is 2.22. The van der Waals surface area contributed by atoms with E-state index in [9.17, 15) is 4.79 Å². The molecule has 0 saturated heterocycles. The van der Waals surface area contributed by atoms with Crippen LogP contribution in [0, 0.1) is 6.92 Å². The van der Waals surface area contributed by atoms with Crippen molar-refractivity contribution in [1.82, 2.24) is 9.88 Å². The molecule has 1 fully saturated rings. The molecule has 0 radical (unpaired) electrons. The average Bonchev–Trinajstić information content (AvgIpc) is 3.47. The summed E-state index contributed by atoms with van der Waals surface area (Å²) in [4.78, 5) is 19.4. The van der Waals surface area contributed by atoms with E-state index in [0.717, 1.165) is 34.2 Å². The van der Waals surface area contributed by atoms with Crippen LogP contribution in [0.25, 0.3) is 33.3 Å². The number of furan rings is 1. The minimum Gasteiger partial charge on any atom is -0.454 e. The Hall–Kier alpha value is -3.03. The van der Waals surface area contributed by atoms with Crippen molar-refractivity contribution in [2.45, 2.75) is 51.6 Å². The van der Waals surface area contributed by atoms with E-state index in [2.05, 4.69) is 16.9 Å². The molecule has 0 amide bonds. The van der Waals surface area contributed by atoms with Crippen LogP contribution < -0.4 is 15.1 Å². The third kappa shape index (κ3) is 3.93. The van der Waals surface area contributed by atoms with Gasteiger partial charge in [0.2, 0.25) is 6.79 Å². The van der Waals surface area contributed by atoms with Gasteiger partial charge in [-0.05, 0) is 44.5 Å². The lowest BCUT2D eigenvalue weighted by atomic mass is 9.94. The van der Waals surface area contributed by atoms with E-state index in [0.29, 0.717) is 34.4 Å². The van der Waals surface area contributed by atoms with Crippen molar-refractivity contribution in [3.63, 3.8) is 0 Å². The first-order valence-electron chi connectivity index (χ1n) is 11.5. The van der Waals surface area contributed by atoms with E-state index < -0.39 is 5.63 Å². The molecule has 0 atom stereocenters. The largest absolute Gasteiger partial charge is 0.454 e. The fourth-order valence-corrected chi connectivity index (χ4v) is 5.14. The maximum atomic E-state index is 12.3. The summed E-state index contributed by atoms with van der Waals surface area (Å²) < 4.78 is 22.7. The quantitative estimate of drug-likeness (QED) is 0.339. The van der Waals surface area contributed by atoms with E-state index in [1.165, 1.54) is 38.2 Å². The predicted octanol–water partition coefficient (Wildman–Crippen LogP) is 5.82. The van der Waals surface area contributed by atoms with Crippen LogP contribution in [0.15, 0.2) is 44.1 Å². The zero-order valence-electron chi connectivity index (χ0n) is 19.3. The third-order valence-electron chi connectivity index (χ3n) is 6.94. The third-order valence-corrected chi connectivity index (χ3v) is 6.94. The van der Waals surface area contributed by atoms with Gasteiger partial charge in [0.05, 0.1) is 5.69 Å². The Balaban J connectivity index is 0.00000241. The lowest BCUT2D eigenvalue weighted by Gasteiger charge is -2.31. The summed E-state index contributed by atoms with van der Waals surface area (Å²) in [5, 5.41) is 1.77. The summed E-state index contributed by atoms with van der Waals surface area (Å²) in [6, 6.07) is 7.63. The van der Waals surface area contributed by atoms with Crippen LogP contribution in [0.2, 0.25) is 0 Å². The van der Waals surface area contributed by atoms with Crippen LogP contribution in [-0.2, 0) is 6.54 Å². The Morgan fingerprint density at radius 3 is 2.56 bits per heavy atom. The molecule has 2 aliphatic rings. The first kappa shape index (κ1) is 22.7. The number of aryl methyl sites for hydroxylation is 1. The van der Waals surface area contributed by atoms with Gasteiger partial charge in [-0.1, -0.05) is 19.3 Å². The smallest absolute Gasteiger partial charge is 0.336 e. The van der Waals surface area contributed by atoms with Crippen LogP contribution in [0.1, 0.15) is 43.4 Å². The van der Waals surface area contributed by atoms with Gasteiger partial charge >= 0.3 is 5.63 Å². The topological polar surface area (TPSA) is 77.9 Å². The molecular formula is C26H27ClN2O5. The Morgan fingerprint density at radius 2 is 1.76 bits per heavy atom. The number of halogens is 1. The van der Waals surface area contributed by atoms with Crippen LogP contribution >= 0.6 is 12.4 Å². The van der Waals surface area contributed by atoms with E-state index in [4.69, 9.17) is 18.3 Å². The fourth-order valence-electron chi connectivity index (χ4n) is 5.14. The van der Waals surface area contributed by atoms with E-state index in [-0.39, 0.29) is 19.2 Å². The highest BCUT2D eigenvalue weighted by Crippen LogP contribution is 2.40. The number of hydrogen-bond acceptors (Lipinski definition) is 7. The molecule has 1 saturated carbocycles. The molecule has 7 nitrogen and oxygen atoms in total. The normalized spacial score (nSPS) is 15.9. The Morgan fingerprint density at radius 1 is 1.00 bits per heavy atom. The fraction of sp³-hybridized carbons (Fsp3) is 0.385. The van der Waals surface area contributed by atoms with Crippen molar-refractivity contribution in [3.05, 3.63) is 52.1 Å². The molecule has 1 aromatic carbocycles. The Kier molecular flexibility index (Phi) is 6.00. The molecule has 178 valence electrons. The van der Waals surface area contributed by atoms with E-state index in [1.807, 2.05) is 25.3 Å². The molecule has 6 rings (SSSR count). The number of aromatic nitrogens is 1. The zero-order chi connectivity index (χ0) is 22.5. The second-order valence-electron chi connectivity index (χ2n) is 9.11. The minimum atomic E-state index is -0.441. The van der Waals surface area contributed by atoms with Gasteiger partial charge < -0.3 is 18.3 Å². The maximum Gasteiger partial charge on any atom is 0.336 e. The molecule has 3 aromatic heterocycles. The molecule has 1 aliphatic heterocycles. The van der Waals surface area contributed by atoms with Gasteiger partial charge in [0.15, 0.2) is 17.1 Å². The van der Waals surface area contributed by atoms with Crippen molar-refractivity contribution in [2.75, 3.05) is 13.8 Å². The molecule has 0 bridgehead atoms. The number of fused-ring (bicyclic) bond motifs is 3. The highest BCUT2D eigenvalue weighted by molar-refractivity contribution is 5.97. The summed E-state index contributed by atoms with van der Waals surface area (Å²) in [5.41, 5.74) is 3.37. The average molecular weight is 483 g/mol. The number of ether oxygens (including phenoxy) is 2. The molecular weight excluding hydrogens is 456 g/mol. The second kappa shape index (κ2) is 8.96. The summed E-state index contributed by atoms with van der Waals surface area (Å²) in [6.45, 7) is 2.90. The molecule has 4 heterocycles. The van der Waals surface area contributed by atoms with Crippen LogP contribution in [0.4, 0.5) is 0 Å². The van der Waals surface area contributed by atoms with Gasteiger partial charge in [0.1, 0.15) is 11.3 Å². The lowest BCUT2D eigenvalue weighted by Crippen LogP contribution is -2.32. The van der Waals surface area contributed by atoms with Crippen LogP contribution in [0.5, 0.6) is 11.5 Å². The molecule has 0 unspecified atom stereocenters. The van der Waals surface area contributed by atoms with E-state index in [1.54, 1.807) is 6.07 Å². The lowest BCUT2D eigenvalue weighted by molar-refractivity contribution is 0.174. The van der Waals surface area contributed by atoms with Gasteiger partial charge in [-0.25, -0.2) is 4.79 Å². The van der Waals surface area contributed by atoms with Gasteiger partial charge in [-0.2, -0.15) is 0 Å². The predicted molar refractivity (Wildman–Crippen MR) is 132 cm³/mol. The zero-order valence-corrected chi connectivity index (χ0v) is 20.1. The SMILES string of the molecule is Cc1ncc(CN(C)C2CCCCC2)c2cc(-c3cc(=O)oc4cc5c(cc34)OCO5)oc12.Cl. The molecule has 34 heavy (non-hydrogen) atoms. The monoisotopic (exact) mass is 482 g/mol. The first-order chi connectivity index (χ1) is 16.1. The molecule has 4 aromatic rings. The summed E-state index contributed by atoms with van der Waals surface area (Å²) >= 11 is 0. The molecule has 8 heteroatoms. The maximum absolute atomic E-state index is 12.3. The van der Waals surface area contributed by atoms with Crippen molar-refractivity contribution in [3.8, 4) is 22.8 Å². The van der Waals surface area contributed by atoms with Crippen molar-refractivity contribution in [2.24, 2.45) is 0 Å². The van der Waals surface area contributed by atoms with E-state index >= 15 is 0 Å². The molecule has 0 N–H and O–H groups in total. The number of benzene rings is 1. The van der Waals surface area contributed by atoms with Crippen molar-refractivity contribution < 1.29 is 18.3 Å². The van der Waals surface area contributed by atoms with Gasteiger partial charge in [0, 0.05) is 47.3 Å². The number of pyridine rings is 1. The molecule has 1 aliphatic carbocycles. The minimum absolute atomic E-state index is 0. The summed E-state index contributed by atoms with van der Waals surface area (Å²) in [5.74, 6) is 1.81. The van der Waals surface area contributed by atoms with Crippen molar-refractivity contribution >= 4 is 34.3 Å². The van der Waals surface area contributed by atoms with Crippen LogP contribution in [0.3, 0.4) is 0 Å². The van der Waals surface area contributed by atoms with Gasteiger partial charge in [-0.3, -0.25) is 9.88 Å². The van der Waals surface area contributed by atoms with Gasteiger partial charge in [-0.15, -0.1) is 12.4 Å². The van der Waals surface area contributed by atoms with Crippen molar-refractivity contribution in [1.29, 1.82) is 0 Å². The number of nitrogens with zero attached hydrogens (tertiary/aromatic N) is 2. The standard InChI is InChI=1S/C26H26N2O5.ClH/c1-15-26-18(16(12-27-15)13-28(2)17-6-4-3-5-7-17)8-21(33-26)20-10-25(29)32-22-11-24-23(9-19(20)22)30-14-31-24;/h8-12,17H,3-7,13-14H2,1-2H3;1H. The van der Waals surface area contributed by atoms with Crippen LogP contribution in [-0.4, -0.2) is 29.8 Å². The second-order valence-corrected chi connectivity index (χ2v) is 9.11. The summed E-state index contributed by atoms with van der Waals surface area (Å²) in [6.07, 6.45) is 8.38.